The van der Waals surface area contributed by atoms with Crippen molar-refractivity contribution >= 4 is 5.91 Å². The highest BCUT2D eigenvalue weighted by Crippen LogP contribution is 2.29. The van der Waals surface area contributed by atoms with Crippen molar-refractivity contribution in [3.8, 4) is 5.75 Å². The van der Waals surface area contributed by atoms with Gasteiger partial charge in [0.25, 0.3) is 0 Å². The summed E-state index contributed by atoms with van der Waals surface area (Å²) in [6.07, 6.45) is 8.63. The molecule has 1 fully saturated rings. The minimum Gasteiger partial charge on any atom is -0.497 e. The maximum absolute atomic E-state index is 12.9. The zero-order chi connectivity index (χ0) is 18.5. The van der Waals surface area contributed by atoms with E-state index in [0.717, 1.165) is 31.1 Å². The smallest absolute Gasteiger partial charge is 0.237 e. The van der Waals surface area contributed by atoms with Crippen LogP contribution in [0.3, 0.4) is 0 Å². The molecule has 1 aliphatic carbocycles. The van der Waals surface area contributed by atoms with Gasteiger partial charge in [-0.1, -0.05) is 52.0 Å². The molecule has 2 atom stereocenters. The molecule has 0 radical (unpaired) electrons. The number of carbonyl (C=O) groups is 1. The van der Waals surface area contributed by atoms with Crippen molar-refractivity contribution in [2.45, 2.75) is 77.4 Å². The van der Waals surface area contributed by atoms with Gasteiger partial charge in [0.05, 0.1) is 13.2 Å². The normalized spacial score (nSPS) is 21.9. The van der Waals surface area contributed by atoms with Crippen LogP contribution in [0.5, 0.6) is 5.75 Å². The molecule has 1 aliphatic heterocycles. The van der Waals surface area contributed by atoms with E-state index in [1.165, 1.54) is 43.2 Å². The molecule has 1 aromatic carbocycles. The number of methoxy groups -OCH3 is 1. The molecule has 4 heteroatoms. The van der Waals surface area contributed by atoms with Crippen LogP contribution in [0.15, 0.2) is 18.2 Å². The molecule has 2 N–H and O–H groups in total. The second kappa shape index (κ2) is 8.90. The van der Waals surface area contributed by atoms with Gasteiger partial charge >= 0.3 is 0 Å². The lowest BCUT2D eigenvalue weighted by Gasteiger charge is -2.32. The average molecular weight is 359 g/mol. The highest BCUT2D eigenvalue weighted by Gasteiger charge is 2.28. The predicted molar refractivity (Wildman–Crippen MR) is 105 cm³/mol. The van der Waals surface area contributed by atoms with E-state index < -0.39 is 0 Å². The summed E-state index contributed by atoms with van der Waals surface area (Å²) in [4.78, 5) is 12.9. The topological polar surface area (TPSA) is 50.4 Å². The van der Waals surface area contributed by atoms with Crippen molar-refractivity contribution in [3.63, 3.8) is 0 Å². The Morgan fingerprint density at radius 2 is 2.00 bits per heavy atom. The largest absolute Gasteiger partial charge is 0.497 e. The van der Waals surface area contributed by atoms with E-state index in [2.05, 4.69) is 36.6 Å². The Morgan fingerprint density at radius 1 is 1.23 bits per heavy atom. The van der Waals surface area contributed by atoms with Crippen LogP contribution in [0.4, 0.5) is 0 Å². The van der Waals surface area contributed by atoms with Crippen LogP contribution in [0.25, 0.3) is 0 Å². The molecule has 144 valence electrons. The maximum Gasteiger partial charge on any atom is 0.237 e. The number of benzene rings is 1. The molecular weight excluding hydrogens is 324 g/mol. The highest BCUT2D eigenvalue weighted by atomic mass is 16.5. The number of hydrogen-bond acceptors (Lipinski definition) is 3. The van der Waals surface area contributed by atoms with Crippen molar-refractivity contribution < 1.29 is 9.53 Å². The van der Waals surface area contributed by atoms with E-state index in [-0.39, 0.29) is 18.0 Å². The van der Waals surface area contributed by atoms with Crippen LogP contribution in [-0.4, -0.2) is 25.1 Å². The summed E-state index contributed by atoms with van der Waals surface area (Å²) >= 11 is 0. The zero-order valence-corrected chi connectivity index (χ0v) is 16.5. The molecular formula is C22H34N2O2. The van der Waals surface area contributed by atoms with Gasteiger partial charge in [0.2, 0.25) is 5.91 Å². The maximum atomic E-state index is 12.9. The van der Waals surface area contributed by atoms with Gasteiger partial charge in [-0.25, -0.2) is 0 Å². The molecule has 1 heterocycles. The third-order valence-electron chi connectivity index (χ3n) is 6.14. The minimum absolute atomic E-state index is 0.136. The van der Waals surface area contributed by atoms with Crippen LogP contribution in [0.1, 0.15) is 63.5 Å². The van der Waals surface area contributed by atoms with E-state index in [0.29, 0.717) is 5.92 Å². The van der Waals surface area contributed by atoms with Gasteiger partial charge < -0.3 is 15.4 Å². The van der Waals surface area contributed by atoms with Crippen LogP contribution in [0, 0.1) is 11.8 Å². The fraction of sp³-hybridized carbons (Fsp3) is 0.682. The summed E-state index contributed by atoms with van der Waals surface area (Å²) in [5.74, 6) is 2.28. The van der Waals surface area contributed by atoms with E-state index in [9.17, 15) is 4.79 Å². The lowest BCUT2D eigenvalue weighted by Crippen LogP contribution is -2.52. The molecule has 1 amide bonds. The average Bonchev–Trinajstić information content (AvgIpc) is 2.67. The molecule has 0 aromatic heterocycles. The van der Waals surface area contributed by atoms with Crippen molar-refractivity contribution in [3.05, 3.63) is 29.3 Å². The van der Waals surface area contributed by atoms with Gasteiger partial charge in [0.1, 0.15) is 5.75 Å². The first-order chi connectivity index (χ1) is 12.6. The zero-order valence-electron chi connectivity index (χ0n) is 16.5. The van der Waals surface area contributed by atoms with Gasteiger partial charge in [-0.3, -0.25) is 4.79 Å². The molecule has 26 heavy (non-hydrogen) atoms. The number of ether oxygens (including phenoxy) is 1. The molecule has 4 nitrogen and oxygen atoms in total. The van der Waals surface area contributed by atoms with E-state index in [1.54, 1.807) is 7.11 Å². The van der Waals surface area contributed by atoms with E-state index in [4.69, 9.17) is 4.74 Å². The monoisotopic (exact) mass is 358 g/mol. The Kier molecular flexibility index (Phi) is 6.58. The second-order valence-electron chi connectivity index (χ2n) is 8.37. The Hall–Kier alpha value is -1.55. The standard InChI is InChI=1S/C22H34N2O2/c1-15(2)20(11-16-7-5-4-6-8-16)24-22(25)21-13-17-9-10-19(26-3)12-18(17)14-23-21/h9-10,12,15-16,20-21,23H,4-8,11,13-14H2,1-3H3,(H,24,25)/t20-,21-/m1/s1. The lowest BCUT2D eigenvalue weighted by molar-refractivity contribution is -0.124. The molecule has 0 unspecified atom stereocenters. The highest BCUT2D eigenvalue weighted by molar-refractivity contribution is 5.82. The van der Waals surface area contributed by atoms with Gasteiger partial charge in [-0.15, -0.1) is 0 Å². The van der Waals surface area contributed by atoms with Gasteiger partial charge in [-0.05, 0) is 47.9 Å². The SMILES string of the molecule is COc1ccc2c(c1)CN[C@@H](C(=O)N[C@H](CC1CCCCC1)C(C)C)C2. The Bertz CT molecular complexity index is 608. The van der Waals surface area contributed by atoms with Crippen molar-refractivity contribution in [2.24, 2.45) is 11.8 Å². The summed E-state index contributed by atoms with van der Waals surface area (Å²) in [5, 5.41) is 6.77. The molecule has 3 rings (SSSR count). The Balaban J connectivity index is 1.58. The summed E-state index contributed by atoms with van der Waals surface area (Å²) < 4.78 is 5.30. The van der Waals surface area contributed by atoms with E-state index in [1.807, 2.05) is 6.07 Å². The quantitative estimate of drug-likeness (QED) is 0.813. The summed E-state index contributed by atoms with van der Waals surface area (Å²) in [6.45, 7) is 5.17. The summed E-state index contributed by atoms with van der Waals surface area (Å²) in [7, 11) is 1.69. The van der Waals surface area contributed by atoms with E-state index >= 15 is 0 Å². The molecule has 1 aromatic rings. The summed E-state index contributed by atoms with van der Waals surface area (Å²) in [5.41, 5.74) is 2.48. The molecule has 0 spiro atoms. The fourth-order valence-electron chi connectivity index (χ4n) is 4.37. The van der Waals surface area contributed by atoms with Gasteiger partial charge in [0, 0.05) is 12.6 Å². The number of rotatable bonds is 6. The van der Waals surface area contributed by atoms with Crippen LogP contribution < -0.4 is 15.4 Å². The number of fused-ring (bicyclic) bond motifs is 1. The number of nitrogens with one attached hydrogen (secondary N) is 2. The number of hydrogen-bond donors (Lipinski definition) is 2. The van der Waals surface area contributed by atoms with Crippen LogP contribution in [-0.2, 0) is 17.8 Å². The first kappa shape index (κ1) is 19.2. The molecule has 0 saturated heterocycles. The summed E-state index contributed by atoms with van der Waals surface area (Å²) in [6, 6.07) is 6.29. The molecule has 2 aliphatic rings. The third-order valence-corrected chi connectivity index (χ3v) is 6.14. The Morgan fingerprint density at radius 3 is 2.69 bits per heavy atom. The lowest BCUT2D eigenvalue weighted by atomic mass is 9.82. The number of amides is 1. The fourth-order valence-corrected chi connectivity index (χ4v) is 4.37. The molecule has 0 bridgehead atoms. The number of carbonyl (C=O) groups excluding carboxylic acids is 1. The van der Waals surface area contributed by atoms with Crippen molar-refractivity contribution in [1.82, 2.24) is 10.6 Å². The van der Waals surface area contributed by atoms with Gasteiger partial charge in [0.15, 0.2) is 0 Å². The van der Waals surface area contributed by atoms with Crippen LogP contribution in [0.2, 0.25) is 0 Å². The van der Waals surface area contributed by atoms with Crippen molar-refractivity contribution in [2.75, 3.05) is 7.11 Å². The Labute approximate surface area is 158 Å². The first-order valence-corrected chi connectivity index (χ1v) is 10.3. The second-order valence-corrected chi connectivity index (χ2v) is 8.37. The van der Waals surface area contributed by atoms with Gasteiger partial charge in [-0.2, -0.15) is 0 Å². The van der Waals surface area contributed by atoms with Crippen LogP contribution >= 0.6 is 0 Å². The first-order valence-electron chi connectivity index (χ1n) is 10.3. The molecule has 1 saturated carbocycles. The van der Waals surface area contributed by atoms with Crippen molar-refractivity contribution in [1.29, 1.82) is 0 Å². The minimum atomic E-state index is -0.136. The predicted octanol–water partition coefficient (Wildman–Crippen LogP) is 3.82. The third kappa shape index (κ3) is 4.79.